The highest BCUT2D eigenvalue weighted by atomic mass is 35.5. The summed E-state index contributed by atoms with van der Waals surface area (Å²) in [6.45, 7) is 4.92. The first kappa shape index (κ1) is 12.4. The molecule has 2 aromatic heterocycles. The first-order valence-electron chi connectivity index (χ1n) is 6.25. The largest absolute Gasteiger partial charge is 0.337 e. The van der Waals surface area contributed by atoms with E-state index in [4.69, 9.17) is 11.6 Å². The van der Waals surface area contributed by atoms with Crippen LogP contribution < -0.4 is 10.2 Å². The highest BCUT2D eigenvalue weighted by molar-refractivity contribution is 6.30. The summed E-state index contributed by atoms with van der Waals surface area (Å²) >= 11 is 5.82. The van der Waals surface area contributed by atoms with E-state index < -0.39 is 0 Å². The van der Waals surface area contributed by atoms with Gasteiger partial charge in [-0.2, -0.15) is 4.98 Å². The molecule has 6 nitrogen and oxygen atoms in total. The number of pyridine rings is 1. The molecule has 2 N–H and O–H groups in total. The van der Waals surface area contributed by atoms with E-state index in [1.807, 2.05) is 6.07 Å². The Balaban J connectivity index is 1.81. The van der Waals surface area contributed by atoms with Gasteiger partial charge in [-0.25, -0.2) is 0 Å². The lowest BCUT2D eigenvalue weighted by atomic mass is 10.2. The Hall–Kier alpha value is -1.66. The van der Waals surface area contributed by atoms with Crippen molar-refractivity contribution in [3.05, 3.63) is 23.4 Å². The van der Waals surface area contributed by atoms with Gasteiger partial charge in [-0.05, 0) is 19.1 Å². The van der Waals surface area contributed by atoms with E-state index in [1.165, 1.54) is 0 Å². The Morgan fingerprint density at radius 1 is 1.42 bits per heavy atom. The first-order chi connectivity index (χ1) is 9.22. The highest BCUT2D eigenvalue weighted by Gasteiger charge is 2.19. The average molecular weight is 279 g/mol. The molecule has 0 aliphatic carbocycles. The van der Waals surface area contributed by atoms with E-state index >= 15 is 0 Å². The molecule has 0 saturated carbocycles. The maximum absolute atomic E-state index is 5.82. The van der Waals surface area contributed by atoms with Crippen molar-refractivity contribution in [1.82, 2.24) is 25.5 Å². The Labute approximate surface area is 116 Å². The number of aromatic amines is 1. The lowest BCUT2D eigenvalue weighted by Gasteiger charge is -2.30. The van der Waals surface area contributed by atoms with Crippen molar-refractivity contribution in [2.45, 2.75) is 13.0 Å². The number of aromatic nitrogens is 4. The standard InChI is InChI=1S/C12H15ClN6/c1-8-7-19(5-4-14-8)12-16-11(17-18-12)10-3-2-9(13)6-15-10/h2-3,6,8,14H,4-5,7H2,1H3,(H,16,17,18). The Morgan fingerprint density at radius 3 is 3.05 bits per heavy atom. The summed E-state index contributed by atoms with van der Waals surface area (Å²) in [6.07, 6.45) is 1.60. The average Bonchev–Trinajstić information content (AvgIpc) is 2.89. The maximum Gasteiger partial charge on any atom is 0.245 e. The topological polar surface area (TPSA) is 69.7 Å². The second-order valence-corrected chi connectivity index (χ2v) is 5.08. The van der Waals surface area contributed by atoms with Gasteiger partial charge in [-0.15, -0.1) is 5.10 Å². The van der Waals surface area contributed by atoms with E-state index in [9.17, 15) is 0 Å². The minimum absolute atomic E-state index is 0.448. The Bertz CT molecular complexity index is 552. The second kappa shape index (κ2) is 5.14. The fourth-order valence-electron chi connectivity index (χ4n) is 2.14. The van der Waals surface area contributed by atoms with Gasteiger partial charge in [0.05, 0.1) is 5.02 Å². The van der Waals surface area contributed by atoms with E-state index in [-0.39, 0.29) is 0 Å². The van der Waals surface area contributed by atoms with Crippen molar-refractivity contribution >= 4 is 17.5 Å². The molecule has 0 radical (unpaired) electrons. The van der Waals surface area contributed by atoms with Gasteiger partial charge in [0.2, 0.25) is 5.95 Å². The van der Waals surface area contributed by atoms with Gasteiger partial charge in [-0.1, -0.05) is 11.6 Å². The zero-order chi connectivity index (χ0) is 13.2. The highest BCUT2D eigenvalue weighted by Crippen LogP contribution is 2.18. The molecule has 100 valence electrons. The molecule has 1 aliphatic heterocycles. The van der Waals surface area contributed by atoms with Gasteiger partial charge in [0.25, 0.3) is 0 Å². The zero-order valence-corrected chi connectivity index (χ0v) is 11.4. The monoisotopic (exact) mass is 278 g/mol. The molecule has 0 amide bonds. The predicted molar refractivity (Wildman–Crippen MR) is 74.3 cm³/mol. The van der Waals surface area contributed by atoms with Crippen molar-refractivity contribution in [1.29, 1.82) is 0 Å². The van der Waals surface area contributed by atoms with E-state index in [0.29, 0.717) is 16.9 Å². The van der Waals surface area contributed by atoms with Crippen LogP contribution in [-0.2, 0) is 0 Å². The fraction of sp³-hybridized carbons (Fsp3) is 0.417. The number of nitrogens with one attached hydrogen (secondary N) is 2. The molecule has 19 heavy (non-hydrogen) atoms. The molecule has 2 aromatic rings. The molecule has 1 unspecified atom stereocenters. The molecule has 3 rings (SSSR count). The third-order valence-corrected chi connectivity index (χ3v) is 3.32. The molecule has 1 atom stereocenters. The van der Waals surface area contributed by atoms with E-state index in [1.54, 1.807) is 12.3 Å². The van der Waals surface area contributed by atoms with Crippen molar-refractivity contribution in [3.8, 4) is 11.5 Å². The van der Waals surface area contributed by atoms with Crippen LogP contribution in [0, 0.1) is 0 Å². The Kier molecular flexibility index (Phi) is 3.35. The molecular formula is C12H15ClN6. The van der Waals surface area contributed by atoms with Crippen LogP contribution in [0.5, 0.6) is 0 Å². The number of hydrogen-bond donors (Lipinski definition) is 2. The number of halogens is 1. The third kappa shape index (κ3) is 2.69. The summed E-state index contributed by atoms with van der Waals surface area (Å²) in [6, 6.07) is 4.07. The van der Waals surface area contributed by atoms with Crippen LogP contribution in [0.2, 0.25) is 5.02 Å². The van der Waals surface area contributed by atoms with Crippen LogP contribution in [0.3, 0.4) is 0 Å². The van der Waals surface area contributed by atoms with Gasteiger partial charge in [0.15, 0.2) is 5.82 Å². The molecular weight excluding hydrogens is 264 g/mol. The maximum atomic E-state index is 5.82. The number of hydrogen-bond acceptors (Lipinski definition) is 5. The number of H-pyrrole nitrogens is 1. The predicted octanol–water partition coefficient (Wildman–Crippen LogP) is 1.32. The van der Waals surface area contributed by atoms with Crippen LogP contribution in [0.4, 0.5) is 5.95 Å². The first-order valence-corrected chi connectivity index (χ1v) is 6.63. The molecule has 0 bridgehead atoms. The van der Waals surface area contributed by atoms with Crippen LogP contribution in [0.1, 0.15) is 6.92 Å². The van der Waals surface area contributed by atoms with Gasteiger partial charge < -0.3 is 10.2 Å². The van der Waals surface area contributed by atoms with Crippen molar-refractivity contribution in [2.75, 3.05) is 24.5 Å². The number of rotatable bonds is 2. The minimum atomic E-state index is 0.448. The number of nitrogens with zero attached hydrogens (tertiary/aromatic N) is 4. The van der Waals surface area contributed by atoms with Crippen molar-refractivity contribution < 1.29 is 0 Å². The minimum Gasteiger partial charge on any atom is -0.337 e. The molecule has 7 heteroatoms. The smallest absolute Gasteiger partial charge is 0.245 e. The van der Waals surface area contributed by atoms with Gasteiger partial charge in [0, 0.05) is 31.9 Å². The molecule has 1 saturated heterocycles. The normalized spacial score (nSPS) is 19.7. The Morgan fingerprint density at radius 2 is 2.32 bits per heavy atom. The van der Waals surface area contributed by atoms with Crippen LogP contribution >= 0.6 is 11.6 Å². The summed E-state index contributed by atoms with van der Waals surface area (Å²) in [4.78, 5) is 10.9. The zero-order valence-electron chi connectivity index (χ0n) is 10.6. The molecule has 1 aliphatic rings. The van der Waals surface area contributed by atoms with E-state index in [0.717, 1.165) is 31.3 Å². The van der Waals surface area contributed by atoms with E-state index in [2.05, 4.69) is 37.3 Å². The third-order valence-electron chi connectivity index (χ3n) is 3.10. The molecule has 0 aromatic carbocycles. The summed E-state index contributed by atoms with van der Waals surface area (Å²) < 4.78 is 0. The molecule has 0 spiro atoms. The van der Waals surface area contributed by atoms with Crippen molar-refractivity contribution in [3.63, 3.8) is 0 Å². The van der Waals surface area contributed by atoms with Crippen molar-refractivity contribution in [2.24, 2.45) is 0 Å². The summed E-state index contributed by atoms with van der Waals surface area (Å²) in [5.41, 5.74) is 0.742. The summed E-state index contributed by atoms with van der Waals surface area (Å²) in [5, 5.41) is 11.2. The van der Waals surface area contributed by atoms with Gasteiger partial charge >= 0.3 is 0 Å². The number of anilines is 1. The van der Waals surface area contributed by atoms with Crippen LogP contribution in [0.25, 0.3) is 11.5 Å². The lowest BCUT2D eigenvalue weighted by molar-refractivity contribution is 0.480. The summed E-state index contributed by atoms with van der Waals surface area (Å²) in [7, 11) is 0. The fourth-order valence-corrected chi connectivity index (χ4v) is 2.25. The van der Waals surface area contributed by atoms with Gasteiger partial charge in [0.1, 0.15) is 5.69 Å². The van der Waals surface area contributed by atoms with Crippen LogP contribution in [-0.4, -0.2) is 45.8 Å². The van der Waals surface area contributed by atoms with Crippen LogP contribution in [0.15, 0.2) is 18.3 Å². The molecule has 1 fully saturated rings. The lowest BCUT2D eigenvalue weighted by Crippen LogP contribution is -2.49. The second-order valence-electron chi connectivity index (χ2n) is 4.65. The summed E-state index contributed by atoms with van der Waals surface area (Å²) in [5.74, 6) is 1.39. The number of piperazine rings is 1. The molecule has 3 heterocycles. The quantitative estimate of drug-likeness (QED) is 0.867. The SMILES string of the molecule is CC1CN(c2n[nH]c(-c3ccc(Cl)cn3)n2)CCN1. The van der Waals surface area contributed by atoms with Gasteiger partial charge in [-0.3, -0.25) is 10.1 Å².